The molecule has 1 aliphatic heterocycles. The van der Waals surface area contributed by atoms with Gasteiger partial charge in [0.15, 0.2) is 5.78 Å². The molecule has 4 nitrogen and oxygen atoms in total. The van der Waals surface area contributed by atoms with Crippen LogP contribution in [0.15, 0.2) is 18.2 Å². The molecule has 1 fully saturated rings. The SMILES string of the molecule is Cc1cccc(C(=O)CC(=O)N2CCCCC2)c1O. The fourth-order valence-corrected chi connectivity index (χ4v) is 2.37. The first kappa shape index (κ1) is 13.6. The summed E-state index contributed by atoms with van der Waals surface area (Å²) in [6.07, 6.45) is 3.01. The van der Waals surface area contributed by atoms with E-state index in [2.05, 4.69) is 0 Å². The second-order valence-electron chi connectivity index (χ2n) is 5.01. The van der Waals surface area contributed by atoms with Crippen molar-refractivity contribution in [3.05, 3.63) is 29.3 Å². The molecule has 1 aromatic rings. The van der Waals surface area contributed by atoms with E-state index in [0.29, 0.717) is 5.56 Å². The van der Waals surface area contributed by atoms with E-state index in [1.807, 2.05) is 0 Å². The van der Waals surface area contributed by atoms with Gasteiger partial charge in [-0.15, -0.1) is 0 Å². The first-order chi connectivity index (χ1) is 9.09. The lowest BCUT2D eigenvalue weighted by Gasteiger charge is -2.26. The summed E-state index contributed by atoms with van der Waals surface area (Å²) in [5.41, 5.74) is 0.890. The van der Waals surface area contributed by atoms with Gasteiger partial charge in [0, 0.05) is 13.1 Å². The molecule has 0 unspecified atom stereocenters. The molecule has 0 spiro atoms. The number of piperidine rings is 1. The molecule has 1 N–H and O–H groups in total. The van der Waals surface area contributed by atoms with Gasteiger partial charge in [-0.05, 0) is 37.8 Å². The van der Waals surface area contributed by atoms with Crippen molar-refractivity contribution in [2.45, 2.75) is 32.6 Å². The molecule has 19 heavy (non-hydrogen) atoms. The minimum absolute atomic E-state index is 0.0149. The third kappa shape index (κ3) is 3.13. The number of carbonyl (C=O) groups excluding carboxylic acids is 2. The first-order valence-corrected chi connectivity index (χ1v) is 6.69. The molecule has 0 aromatic heterocycles. The summed E-state index contributed by atoms with van der Waals surface area (Å²) in [7, 11) is 0. The van der Waals surface area contributed by atoms with Crippen molar-refractivity contribution < 1.29 is 14.7 Å². The number of phenolic OH excluding ortho intramolecular Hbond substituents is 1. The Labute approximate surface area is 113 Å². The fourth-order valence-electron chi connectivity index (χ4n) is 2.37. The topological polar surface area (TPSA) is 57.6 Å². The molecule has 0 atom stereocenters. The second-order valence-corrected chi connectivity index (χ2v) is 5.01. The number of rotatable bonds is 3. The Morgan fingerprint density at radius 3 is 2.58 bits per heavy atom. The molecule has 1 aromatic carbocycles. The highest BCUT2D eigenvalue weighted by Gasteiger charge is 2.21. The molecule has 1 aliphatic rings. The highest BCUT2D eigenvalue weighted by molar-refractivity contribution is 6.08. The summed E-state index contributed by atoms with van der Waals surface area (Å²) >= 11 is 0. The Hall–Kier alpha value is -1.84. The Morgan fingerprint density at radius 2 is 1.89 bits per heavy atom. The van der Waals surface area contributed by atoms with Crippen LogP contribution in [0.3, 0.4) is 0 Å². The van der Waals surface area contributed by atoms with Crippen molar-refractivity contribution >= 4 is 11.7 Å². The first-order valence-electron chi connectivity index (χ1n) is 6.69. The number of amides is 1. The molecule has 4 heteroatoms. The molecule has 1 heterocycles. The number of hydrogen-bond donors (Lipinski definition) is 1. The van der Waals surface area contributed by atoms with Gasteiger partial charge in [0.1, 0.15) is 5.75 Å². The van der Waals surface area contributed by atoms with Crippen LogP contribution >= 0.6 is 0 Å². The van der Waals surface area contributed by atoms with Crippen molar-refractivity contribution in [1.82, 2.24) is 4.90 Å². The predicted octanol–water partition coefficient (Wildman–Crippen LogP) is 2.29. The van der Waals surface area contributed by atoms with Crippen LogP contribution in [0.4, 0.5) is 0 Å². The zero-order valence-corrected chi connectivity index (χ0v) is 11.2. The lowest BCUT2D eigenvalue weighted by atomic mass is 10.0. The lowest BCUT2D eigenvalue weighted by Crippen LogP contribution is -2.36. The van der Waals surface area contributed by atoms with Gasteiger partial charge in [0.25, 0.3) is 0 Å². The molecule has 2 rings (SSSR count). The molecule has 0 saturated carbocycles. The summed E-state index contributed by atoms with van der Waals surface area (Å²) in [6.45, 7) is 3.22. The van der Waals surface area contributed by atoms with Crippen molar-refractivity contribution in [2.75, 3.05) is 13.1 Å². The van der Waals surface area contributed by atoms with Crippen LogP contribution in [0.1, 0.15) is 41.6 Å². The molecule has 0 aliphatic carbocycles. The highest BCUT2D eigenvalue weighted by Crippen LogP contribution is 2.23. The van der Waals surface area contributed by atoms with Gasteiger partial charge in [-0.25, -0.2) is 0 Å². The number of nitrogens with zero attached hydrogens (tertiary/aromatic N) is 1. The minimum atomic E-state index is -0.309. The number of benzene rings is 1. The van der Waals surface area contributed by atoms with E-state index >= 15 is 0 Å². The minimum Gasteiger partial charge on any atom is -0.507 e. The van der Waals surface area contributed by atoms with Crippen molar-refractivity contribution in [3.8, 4) is 5.75 Å². The lowest BCUT2D eigenvalue weighted by molar-refractivity contribution is -0.131. The summed E-state index contributed by atoms with van der Waals surface area (Å²) in [6, 6.07) is 5.01. The fraction of sp³-hybridized carbons (Fsp3) is 0.467. The maximum atomic E-state index is 12.1. The molecular formula is C15H19NO3. The van der Waals surface area contributed by atoms with Crippen LogP contribution < -0.4 is 0 Å². The second kappa shape index (κ2) is 5.87. The Morgan fingerprint density at radius 1 is 1.21 bits per heavy atom. The predicted molar refractivity (Wildman–Crippen MR) is 72.2 cm³/mol. The standard InChI is InChI=1S/C15H19NO3/c1-11-6-5-7-12(15(11)19)13(17)10-14(18)16-8-3-2-4-9-16/h5-7,19H,2-4,8-10H2,1H3. The van der Waals surface area contributed by atoms with Crippen molar-refractivity contribution in [3.63, 3.8) is 0 Å². The largest absolute Gasteiger partial charge is 0.507 e. The van der Waals surface area contributed by atoms with E-state index in [1.54, 1.807) is 30.0 Å². The Kier molecular flexibility index (Phi) is 4.20. The summed E-state index contributed by atoms with van der Waals surface area (Å²) in [5.74, 6) is -0.457. The number of Topliss-reactive ketones (excluding diaryl/α,β-unsaturated/α-hetero) is 1. The number of para-hydroxylation sites is 1. The van der Waals surface area contributed by atoms with Crippen LogP contribution in [0.5, 0.6) is 5.75 Å². The van der Waals surface area contributed by atoms with Gasteiger partial charge in [-0.2, -0.15) is 0 Å². The molecule has 102 valence electrons. The summed E-state index contributed by atoms with van der Waals surface area (Å²) in [5, 5.41) is 9.85. The Balaban J connectivity index is 2.04. The summed E-state index contributed by atoms with van der Waals surface area (Å²) < 4.78 is 0. The monoisotopic (exact) mass is 261 g/mol. The molecular weight excluding hydrogens is 242 g/mol. The van der Waals surface area contributed by atoms with Crippen LogP contribution in [-0.2, 0) is 4.79 Å². The van der Waals surface area contributed by atoms with Crippen molar-refractivity contribution in [2.24, 2.45) is 0 Å². The van der Waals surface area contributed by atoms with E-state index in [0.717, 1.165) is 32.4 Å². The average molecular weight is 261 g/mol. The molecule has 1 amide bonds. The van der Waals surface area contributed by atoms with Crippen molar-refractivity contribution in [1.29, 1.82) is 0 Å². The number of likely N-dealkylation sites (tertiary alicyclic amines) is 1. The number of aryl methyl sites for hydroxylation is 1. The van der Waals surface area contributed by atoms with Crippen LogP contribution in [0.25, 0.3) is 0 Å². The van der Waals surface area contributed by atoms with E-state index in [-0.39, 0.29) is 29.4 Å². The van der Waals surface area contributed by atoms with E-state index < -0.39 is 0 Å². The quantitative estimate of drug-likeness (QED) is 0.671. The highest BCUT2D eigenvalue weighted by atomic mass is 16.3. The zero-order valence-electron chi connectivity index (χ0n) is 11.2. The van der Waals surface area contributed by atoms with Gasteiger partial charge >= 0.3 is 0 Å². The molecule has 0 bridgehead atoms. The zero-order chi connectivity index (χ0) is 13.8. The average Bonchev–Trinajstić information content (AvgIpc) is 2.42. The molecule has 0 radical (unpaired) electrons. The van der Waals surface area contributed by atoms with Gasteiger partial charge in [0.05, 0.1) is 12.0 Å². The number of aromatic hydroxyl groups is 1. The maximum absolute atomic E-state index is 12.1. The van der Waals surface area contributed by atoms with Gasteiger partial charge in [-0.3, -0.25) is 9.59 Å². The van der Waals surface area contributed by atoms with Crippen LogP contribution in [-0.4, -0.2) is 34.8 Å². The number of hydrogen-bond acceptors (Lipinski definition) is 3. The third-order valence-corrected chi connectivity index (χ3v) is 3.56. The van der Waals surface area contributed by atoms with Crippen LogP contribution in [0.2, 0.25) is 0 Å². The smallest absolute Gasteiger partial charge is 0.230 e. The number of ketones is 1. The van der Waals surface area contributed by atoms with E-state index in [4.69, 9.17) is 0 Å². The third-order valence-electron chi connectivity index (χ3n) is 3.56. The maximum Gasteiger partial charge on any atom is 0.230 e. The van der Waals surface area contributed by atoms with Gasteiger partial charge in [0.2, 0.25) is 5.91 Å². The van der Waals surface area contributed by atoms with E-state index in [1.165, 1.54) is 0 Å². The van der Waals surface area contributed by atoms with Gasteiger partial charge in [-0.1, -0.05) is 12.1 Å². The van der Waals surface area contributed by atoms with E-state index in [9.17, 15) is 14.7 Å². The number of phenols is 1. The van der Waals surface area contributed by atoms with Gasteiger partial charge < -0.3 is 10.0 Å². The normalized spacial score (nSPS) is 15.3. The summed E-state index contributed by atoms with van der Waals surface area (Å²) in [4.78, 5) is 25.8. The Bertz CT molecular complexity index is 490. The van der Waals surface area contributed by atoms with Crippen LogP contribution in [0, 0.1) is 6.92 Å². The number of carbonyl (C=O) groups is 2. The molecule has 1 saturated heterocycles.